The third-order valence-corrected chi connectivity index (χ3v) is 3.46. The van der Waals surface area contributed by atoms with Gasteiger partial charge in [0, 0.05) is 22.7 Å². The average Bonchev–Trinajstić information content (AvgIpc) is 2.56. The zero-order chi connectivity index (χ0) is 10.1. The summed E-state index contributed by atoms with van der Waals surface area (Å²) in [4.78, 5) is 2.26. The Labute approximate surface area is 103 Å². The molecule has 2 nitrogen and oxygen atoms in total. The highest BCUT2D eigenvalue weighted by Crippen LogP contribution is 2.29. The molecule has 1 atom stereocenters. The van der Waals surface area contributed by atoms with E-state index in [1.165, 1.54) is 3.57 Å². The molecule has 1 aromatic carbocycles. The summed E-state index contributed by atoms with van der Waals surface area (Å²) in [7, 11) is 0. The van der Waals surface area contributed by atoms with E-state index in [1.807, 2.05) is 12.1 Å². The molecule has 0 saturated carbocycles. The molecule has 1 aliphatic heterocycles. The number of nitrogens with two attached hydrogens (primary N) is 1. The molecule has 0 bridgehead atoms. The van der Waals surface area contributed by atoms with Gasteiger partial charge in [0.25, 0.3) is 0 Å². The Morgan fingerprint density at radius 2 is 2.29 bits per heavy atom. The molecular weight excluding hydrogens is 310 g/mol. The maximum absolute atomic E-state index is 6.14. The number of anilines is 1. The van der Waals surface area contributed by atoms with Crippen molar-refractivity contribution >= 4 is 39.9 Å². The lowest BCUT2D eigenvalue weighted by atomic mass is 10.3. The van der Waals surface area contributed by atoms with Crippen LogP contribution in [0.3, 0.4) is 0 Å². The zero-order valence-corrected chi connectivity index (χ0v) is 10.6. The molecule has 4 heteroatoms. The second-order valence-corrected chi connectivity index (χ2v) is 5.24. The number of halogens is 2. The number of hydrogen-bond acceptors (Lipinski definition) is 2. The first-order valence-corrected chi connectivity index (χ1v) is 6.08. The third-order valence-electron chi connectivity index (χ3n) is 2.47. The highest BCUT2D eigenvalue weighted by molar-refractivity contribution is 14.1. The standard InChI is InChI=1S/C10H12ClIN2/c11-9-2-1-7(12)5-10(9)14-4-3-8(13)6-14/h1-2,5,8H,3-4,6,13H2. The van der Waals surface area contributed by atoms with Crippen LogP contribution in [0.15, 0.2) is 18.2 Å². The quantitative estimate of drug-likeness (QED) is 0.805. The molecule has 14 heavy (non-hydrogen) atoms. The van der Waals surface area contributed by atoms with E-state index in [2.05, 4.69) is 33.6 Å². The van der Waals surface area contributed by atoms with Gasteiger partial charge in [-0.15, -0.1) is 0 Å². The zero-order valence-electron chi connectivity index (χ0n) is 7.71. The third kappa shape index (κ3) is 2.15. The summed E-state index contributed by atoms with van der Waals surface area (Å²) in [6.45, 7) is 1.93. The summed E-state index contributed by atoms with van der Waals surface area (Å²) in [5.74, 6) is 0. The molecule has 0 spiro atoms. The summed E-state index contributed by atoms with van der Waals surface area (Å²) in [6.07, 6.45) is 1.06. The van der Waals surface area contributed by atoms with Crippen molar-refractivity contribution in [2.24, 2.45) is 5.73 Å². The van der Waals surface area contributed by atoms with Gasteiger partial charge in [-0.25, -0.2) is 0 Å². The predicted molar refractivity (Wildman–Crippen MR) is 69.0 cm³/mol. The number of hydrogen-bond donors (Lipinski definition) is 1. The summed E-state index contributed by atoms with van der Waals surface area (Å²) in [6, 6.07) is 6.37. The fourth-order valence-electron chi connectivity index (χ4n) is 1.73. The van der Waals surface area contributed by atoms with Crippen molar-refractivity contribution in [1.82, 2.24) is 0 Å². The van der Waals surface area contributed by atoms with Crippen LogP contribution in [0.2, 0.25) is 5.02 Å². The summed E-state index contributed by atoms with van der Waals surface area (Å²) < 4.78 is 1.21. The Hall–Kier alpha value is -0.0000000000000000555. The van der Waals surface area contributed by atoms with Gasteiger partial charge in [0.05, 0.1) is 10.7 Å². The number of nitrogens with zero attached hydrogens (tertiary/aromatic N) is 1. The maximum Gasteiger partial charge on any atom is 0.0640 e. The van der Waals surface area contributed by atoms with Crippen LogP contribution < -0.4 is 10.6 Å². The van der Waals surface area contributed by atoms with E-state index in [4.69, 9.17) is 17.3 Å². The second-order valence-electron chi connectivity index (χ2n) is 3.59. The highest BCUT2D eigenvalue weighted by atomic mass is 127. The van der Waals surface area contributed by atoms with Crippen molar-refractivity contribution in [1.29, 1.82) is 0 Å². The molecule has 1 aliphatic rings. The molecule has 1 unspecified atom stereocenters. The van der Waals surface area contributed by atoms with Crippen molar-refractivity contribution in [3.63, 3.8) is 0 Å². The van der Waals surface area contributed by atoms with E-state index in [1.54, 1.807) is 0 Å². The van der Waals surface area contributed by atoms with Crippen LogP contribution in [0.1, 0.15) is 6.42 Å². The fourth-order valence-corrected chi connectivity index (χ4v) is 2.45. The Morgan fingerprint density at radius 1 is 1.50 bits per heavy atom. The van der Waals surface area contributed by atoms with E-state index >= 15 is 0 Å². The van der Waals surface area contributed by atoms with Gasteiger partial charge in [0.1, 0.15) is 0 Å². The topological polar surface area (TPSA) is 29.3 Å². The van der Waals surface area contributed by atoms with Gasteiger partial charge < -0.3 is 10.6 Å². The summed E-state index contributed by atoms with van der Waals surface area (Å²) in [5.41, 5.74) is 6.98. The Morgan fingerprint density at radius 3 is 2.93 bits per heavy atom. The first-order valence-electron chi connectivity index (χ1n) is 4.62. The molecule has 1 saturated heterocycles. The normalized spacial score (nSPS) is 21.6. The molecule has 0 aliphatic carbocycles. The van der Waals surface area contributed by atoms with Crippen LogP contribution in [-0.4, -0.2) is 19.1 Å². The number of rotatable bonds is 1. The molecule has 0 aromatic heterocycles. The van der Waals surface area contributed by atoms with Crippen LogP contribution in [0.4, 0.5) is 5.69 Å². The average molecular weight is 323 g/mol. The second kappa shape index (κ2) is 4.24. The predicted octanol–water partition coefficient (Wildman–Crippen LogP) is 2.48. The Bertz CT molecular complexity index is 343. The molecule has 1 heterocycles. The van der Waals surface area contributed by atoms with Crippen molar-refractivity contribution in [3.05, 3.63) is 26.8 Å². The minimum Gasteiger partial charge on any atom is -0.369 e. The van der Waals surface area contributed by atoms with Crippen molar-refractivity contribution in [2.75, 3.05) is 18.0 Å². The molecule has 2 N–H and O–H groups in total. The van der Waals surface area contributed by atoms with Gasteiger partial charge in [-0.1, -0.05) is 11.6 Å². The summed E-state index contributed by atoms with van der Waals surface area (Å²) in [5, 5.41) is 0.819. The van der Waals surface area contributed by atoms with E-state index < -0.39 is 0 Å². The molecule has 0 radical (unpaired) electrons. The van der Waals surface area contributed by atoms with Crippen molar-refractivity contribution in [2.45, 2.75) is 12.5 Å². The first-order chi connectivity index (χ1) is 6.66. The van der Waals surface area contributed by atoms with Gasteiger partial charge in [-0.2, -0.15) is 0 Å². The minimum absolute atomic E-state index is 0.295. The van der Waals surface area contributed by atoms with E-state index in [0.29, 0.717) is 6.04 Å². The molecular formula is C10H12ClIN2. The fraction of sp³-hybridized carbons (Fsp3) is 0.400. The molecule has 1 fully saturated rings. The van der Waals surface area contributed by atoms with Crippen LogP contribution in [0, 0.1) is 3.57 Å². The van der Waals surface area contributed by atoms with Crippen molar-refractivity contribution < 1.29 is 0 Å². The molecule has 0 amide bonds. The monoisotopic (exact) mass is 322 g/mol. The first kappa shape index (κ1) is 10.5. The molecule has 1 aromatic rings. The molecule has 76 valence electrons. The lowest BCUT2D eigenvalue weighted by Crippen LogP contribution is -2.26. The van der Waals surface area contributed by atoms with Gasteiger partial charge in [-0.05, 0) is 47.2 Å². The minimum atomic E-state index is 0.295. The van der Waals surface area contributed by atoms with Crippen LogP contribution >= 0.6 is 34.2 Å². The van der Waals surface area contributed by atoms with Gasteiger partial charge in [0.15, 0.2) is 0 Å². The lowest BCUT2D eigenvalue weighted by Gasteiger charge is -2.19. The lowest BCUT2D eigenvalue weighted by molar-refractivity contribution is 0.752. The van der Waals surface area contributed by atoms with Crippen LogP contribution in [0.25, 0.3) is 0 Å². The highest BCUT2D eigenvalue weighted by Gasteiger charge is 2.20. The van der Waals surface area contributed by atoms with Gasteiger partial charge >= 0.3 is 0 Å². The Kier molecular flexibility index (Phi) is 3.19. The Balaban J connectivity index is 2.27. The molecule has 2 rings (SSSR count). The SMILES string of the molecule is NC1CCN(c2cc(I)ccc2Cl)C1. The summed E-state index contributed by atoms with van der Waals surface area (Å²) >= 11 is 8.44. The smallest absolute Gasteiger partial charge is 0.0640 e. The van der Waals surface area contributed by atoms with E-state index in [9.17, 15) is 0 Å². The van der Waals surface area contributed by atoms with E-state index in [-0.39, 0.29) is 0 Å². The van der Waals surface area contributed by atoms with Crippen LogP contribution in [-0.2, 0) is 0 Å². The van der Waals surface area contributed by atoms with Crippen molar-refractivity contribution in [3.8, 4) is 0 Å². The maximum atomic E-state index is 6.14. The number of benzene rings is 1. The van der Waals surface area contributed by atoms with E-state index in [0.717, 1.165) is 30.2 Å². The van der Waals surface area contributed by atoms with Gasteiger partial charge in [-0.3, -0.25) is 0 Å². The van der Waals surface area contributed by atoms with Gasteiger partial charge in [0.2, 0.25) is 0 Å². The largest absolute Gasteiger partial charge is 0.369 e. The van der Waals surface area contributed by atoms with Crippen LogP contribution in [0.5, 0.6) is 0 Å².